The van der Waals surface area contributed by atoms with Gasteiger partial charge in [0.05, 0.1) is 6.54 Å². The molecule has 0 spiro atoms. The Balaban J connectivity index is 1.76. The van der Waals surface area contributed by atoms with E-state index in [0.717, 1.165) is 19.4 Å². The molecular formula is C15H22N4O. The number of benzene rings is 1. The molecule has 0 fully saturated rings. The lowest BCUT2D eigenvalue weighted by atomic mass is 10.1. The molecular weight excluding hydrogens is 252 g/mol. The summed E-state index contributed by atoms with van der Waals surface area (Å²) in [6.07, 6.45) is 2.06. The molecule has 1 aromatic carbocycles. The van der Waals surface area contributed by atoms with Gasteiger partial charge < -0.3 is 15.1 Å². The number of nitrogens with zero attached hydrogens (tertiary/aromatic N) is 2. The van der Waals surface area contributed by atoms with E-state index in [1.165, 1.54) is 5.56 Å². The van der Waals surface area contributed by atoms with Crippen molar-refractivity contribution in [1.82, 2.24) is 15.5 Å². The largest absolute Gasteiger partial charge is 0.407 e. The van der Waals surface area contributed by atoms with Crippen molar-refractivity contribution in [3.05, 3.63) is 41.8 Å². The first-order chi connectivity index (χ1) is 9.78. The van der Waals surface area contributed by atoms with E-state index in [-0.39, 0.29) is 0 Å². The Labute approximate surface area is 119 Å². The van der Waals surface area contributed by atoms with Gasteiger partial charge in [-0.05, 0) is 31.9 Å². The molecule has 20 heavy (non-hydrogen) atoms. The van der Waals surface area contributed by atoms with Crippen molar-refractivity contribution in [2.24, 2.45) is 0 Å². The number of hydrogen-bond acceptors (Lipinski definition) is 5. The van der Waals surface area contributed by atoms with Crippen LogP contribution >= 0.6 is 0 Å². The third-order valence-corrected chi connectivity index (χ3v) is 3.07. The maximum Gasteiger partial charge on any atom is 0.315 e. The smallest absolute Gasteiger partial charge is 0.315 e. The first-order valence-electron chi connectivity index (χ1n) is 7.11. The fraction of sp³-hybridized carbons (Fsp3) is 0.467. The van der Waals surface area contributed by atoms with Crippen molar-refractivity contribution in [3.63, 3.8) is 0 Å². The Morgan fingerprint density at radius 1 is 1.20 bits per heavy atom. The molecule has 5 nitrogen and oxygen atoms in total. The van der Waals surface area contributed by atoms with Crippen LogP contribution in [-0.2, 0) is 13.0 Å². The van der Waals surface area contributed by atoms with E-state index in [9.17, 15) is 0 Å². The summed E-state index contributed by atoms with van der Waals surface area (Å²) >= 11 is 0. The lowest BCUT2D eigenvalue weighted by Gasteiger charge is -2.11. The van der Waals surface area contributed by atoms with Crippen LogP contribution in [0.5, 0.6) is 0 Å². The third-order valence-electron chi connectivity index (χ3n) is 3.07. The molecule has 0 aliphatic rings. The second-order valence-corrected chi connectivity index (χ2v) is 4.85. The van der Waals surface area contributed by atoms with Gasteiger partial charge in [0.1, 0.15) is 0 Å². The average Bonchev–Trinajstić information content (AvgIpc) is 2.91. The van der Waals surface area contributed by atoms with Gasteiger partial charge in [-0.1, -0.05) is 42.4 Å². The molecule has 0 aliphatic carbocycles. The molecule has 2 N–H and O–H groups in total. The Morgan fingerprint density at radius 3 is 2.75 bits per heavy atom. The van der Waals surface area contributed by atoms with Crippen LogP contribution in [0.4, 0.5) is 6.01 Å². The first kappa shape index (κ1) is 14.5. The third kappa shape index (κ3) is 4.66. The monoisotopic (exact) mass is 274 g/mol. The molecule has 2 aromatic rings. The predicted octanol–water partition coefficient (Wildman–Crippen LogP) is 2.61. The molecule has 0 amide bonds. The molecule has 1 heterocycles. The number of aromatic nitrogens is 2. The van der Waals surface area contributed by atoms with Gasteiger partial charge in [0.25, 0.3) is 0 Å². The lowest BCUT2D eigenvalue weighted by Crippen LogP contribution is -2.16. The summed E-state index contributed by atoms with van der Waals surface area (Å²) < 4.78 is 5.51. The molecule has 0 aliphatic heterocycles. The minimum Gasteiger partial charge on any atom is -0.407 e. The summed E-state index contributed by atoms with van der Waals surface area (Å²) in [5, 5.41) is 14.4. The zero-order valence-corrected chi connectivity index (χ0v) is 12.1. The second kappa shape index (κ2) is 7.65. The van der Waals surface area contributed by atoms with Crippen LogP contribution in [0.3, 0.4) is 0 Å². The van der Waals surface area contributed by atoms with Crippen molar-refractivity contribution in [1.29, 1.82) is 0 Å². The van der Waals surface area contributed by atoms with Gasteiger partial charge in [0, 0.05) is 6.04 Å². The van der Waals surface area contributed by atoms with Crippen LogP contribution in [-0.4, -0.2) is 22.8 Å². The van der Waals surface area contributed by atoms with E-state index in [0.29, 0.717) is 24.5 Å². The number of hydrogen-bond donors (Lipinski definition) is 2. The van der Waals surface area contributed by atoms with Crippen LogP contribution in [0, 0.1) is 0 Å². The molecule has 1 atom stereocenters. The van der Waals surface area contributed by atoms with E-state index >= 15 is 0 Å². The first-order valence-corrected chi connectivity index (χ1v) is 7.11. The predicted molar refractivity (Wildman–Crippen MR) is 79.5 cm³/mol. The van der Waals surface area contributed by atoms with Crippen LogP contribution < -0.4 is 10.6 Å². The van der Waals surface area contributed by atoms with Gasteiger partial charge >= 0.3 is 6.01 Å². The van der Waals surface area contributed by atoms with Crippen molar-refractivity contribution < 1.29 is 4.42 Å². The van der Waals surface area contributed by atoms with Gasteiger partial charge in [0.15, 0.2) is 0 Å². The zero-order valence-electron chi connectivity index (χ0n) is 12.1. The summed E-state index contributed by atoms with van der Waals surface area (Å²) in [5.41, 5.74) is 1.35. The molecule has 0 bridgehead atoms. The van der Waals surface area contributed by atoms with Gasteiger partial charge in [-0.2, -0.15) is 0 Å². The summed E-state index contributed by atoms with van der Waals surface area (Å²) in [7, 11) is 0. The second-order valence-electron chi connectivity index (χ2n) is 4.85. The summed E-state index contributed by atoms with van der Waals surface area (Å²) in [6, 6.07) is 11.3. The fourth-order valence-corrected chi connectivity index (χ4v) is 1.93. The topological polar surface area (TPSA) is 63.0 Å². The Hall–Kier alpha value is -1.88. The normalized spacial score (nSPS) is 12.3. The van der Waals surface area contributed by atoms with E-state index in [1.807, 2.05) is 13.0 Å². The molecule has 2 rings (SSSR count). The van der Waals surface area contributed by atoms with Crippen molar-refractivity contribution >= 4 is 6.01 Å². The standard InChI is InChI=1S/C15H22N4O/c1-3-16-11-14-18-19-15(20-14)17-12(2)9-10-13-7-5-4-6-8-13/h4-8,12,16H,3,9-11H2,1-2H3,(H,17,19). The Morgan fingerprint density at radius 2 is 2.00 bits per heavy atom. The van der Waals surface area contributed by atoms with Crippen LogP contribution in [0.2, 0.25) is 0 Å². The average molecular weight is 274 g/mol. The molecule has 0 radical (unpaired) electrons. The Kier molecular flexibility index (Phi) is 5.55. The maximum atomic E-state index is 5.51. The highest BCUT2D eigenvalue weighted by Gasteiger charge is 2.09. The van der Waals surface area contributed by atoms with Crippen molar-refractivity contribution in [3.8, 4) is 0 Å². The molecule has 5 heteroatoms. The minimum atomic E-state index is 0.294. The lowest BCUT2D eigenvalue weighted by molar-refractivity contribution is 0.476. The zero-order chi connectivity index (χ0) is 14.2. The number of aryl methyl sites for hydroxylation is 1. The van der Waals surface area contributed by atoms with Gasteiger partial charge in [-0.15, -0.1) is 5.10 Å². The fourth-order valence-electron chi connectivity index (χ4n) is 1.93. The summed E-state index contributed by atoms with van der Waals surface area (Å²) in [4.78, 5) is 0. The number of nitrogens with one attached hydrogen (secondary N) is 2. The van der Waals surface area contributed by atoms with Gasteiger partial charge in [-0.3, -0.25) is 0 Å². The molecule has 1 aromatic heterocycles. The number of anilines is 1. The van der Waals surface area contributed by atoms with Crippen molar-refractivity contribution in [2.45, 2.75) is 39.3 Å². The van der Waals surface area contributed by atoms with E-state index in [1.54, 1.807) is 0 Å². The number of rotatable bonds is 8. The minimum absolute atomic E-state index is 0.294. The summed E-state index contributed by atoms with van der Waals surface area (Å²) in [6.45, 7) is 5.67. The maximum absolute atomic E-state index is 5.51. The van der Waals surface area contributed by atoms with Gasteiger partial charge in [0.2, 0.25) is 5.89 Å². The van der Waals surface area contributed by atoms with E-state index in [2.05, 4.69) is 52.0 Å². The highest BCUT2D eigenvalue weighted by molar-refractivity contribution is 5.20. The van der Waals surface area contributed by atoms with E-state index < -0.39 is 0 Å². The van der Waals surface area contributed by atoms with Crippen LogP contribution in [0.25, 0.3) is 0 Å². The highest BCUT2D eigenvalue weighted by Crippen LogP contribution is 2.11. The molecule has 108 valence electrons. The highest BCUT2D eigenvalue weighted by atomic mass is 16.4. The van der Waals surface area contributed by atoms with Crippen LogP contribution in [0.15, 0.2) is 34.7 Å². The molecule has 0 saturated heterocycles. The van der Waals surface area contributed by atoms with E-state index in [4.69, 9.17) is 4.42 Å². The quantitative estimate of drug-likeness (QED) is 0.774. The Bertz CT molecular complexity index is 498. The van der Waals surface area contributed by atoms with Gasteiger partial charge in [-0.25, -0.2) is 0 Å². The van der Waals surface area contributed by atoms with Crippen molar-refractivity contribution in [2.75, 3.05) is 11.9 Å². The summed E-state index contributed by atoms with van der Waals surface area (Å²) in [5.74, 6) is 0.615. The SMILES string of the molecule is CCNCc1nnc(NC(C)CCc2ccccc2)o1. The van der Waals surface area contributed by atoms with Crippen LogP contribution in [0.1, 0.15) is 31.7 Å². The molecule has 0 saturated carbocycles. The molecule has 1 unspecified atom stereocenters.